The van der Waals surface area contributed by atoms with Gasteiger partial charge < -0.3 is 9.47 Å². The van der Waals surface area contributed by atoms with Crippen LogP contribution in [-0.4, -0.2) is 17.2 Å². The Morgan fingerprint density at radius 1 is 0.788 bits per heavy atom. The third-order valence-corrected chi connectivity index (χ3v) is 8.40. The summed E-state index contributed by atoms with van der Waals surface area (Å²) in [7, 11) is 0. The number of para-hydroxylation sites is 3. The molecule has 33 heavy (non-hydrogen) atoms. The first-order valence-corrected chi connectivity index (χ1v) is 12.0. The van der Waals surface area contributed by atoms with Gasteiger partial charge in [0.15, 0.2) is 0 Å². The number of anilines is 1. The second-order valence-electron chi connectivity index (χ2n) is 10.2. The molecule has 0 saturated carbocycles. The van der Waals surface area contributed by atoms with Crippen molar-refractivity contribution in [3.8, 4) is 5.69 Å². The molecular weight excluding hydrogens is 400 g/mol. The average Bonchev–Trinajstić information content (AvgIpc) is 3.42. The Labute approximate surface area is 195 Å². The second kappa shape index (κ2) is 6.51. The van der Waals surface area contributed by atoms with Crippen molar-refractivity contribution in [1.82, 2.24) is 4.57 Å². The molecule has 2 heteroatoms. The smallest absolute Gasteiger partial charge is 0.0543 e. The van der Waals surface area contributed by atoms with E-state index in [1.807, 2.05) is 0 Å². The van der Waals surface area contributed by atoms with Crippen LogP contribution in [0.1, 0.15) is 36.5 Å². The normalized spacial score (nSPS) is 23.5. The average molecular weight is 429 g/mol. The van der Waals surface area contributed by atoms with Crippen molar-refractivity contribution in [3.63, 3.8) is 0 Å². The van der Waals surface area contributed by atoms with Crippen molar-refractivity contribution in [2.24, 2.45) is 0 Å². The highest BCUT2D eigenvalue weighted by atomic mass is 15.2. The molecule has 3 heterocycles. The highest BCUT2D eigenvalue weighted by molar-refractivity contribution is 6.09. The zero-order valence-corrected chi connectivity index (χ0v) is 19.4. The Morgan fingerprint density at radius 2 is 1.52 bits per heavy atom. The quantitative estimate of drug-likeness (QED) is 0.285. The summed E-state index contributed by atoms with van der Waals surface area (Å²) in [5.41, 5.74) is 9.78. The molecule has 3 unspecified atom stereocenters. The van der Waals surface area contributed by atoms with Crippen LogP contribution in [0.2, 0.25) is 0 Å². The summed E-state index contributed by atoms with van der Waals surface area (Å²) in [4.78, 5) is 2.64. The maximum Gasteiger partial charge on any atom is 0.0543 e. The minimum atomic E-state index is 0.145. The lowest BCUT2D eigenvalue weighted by atomic mass is 9.67. The standard InChI is InChI=1S/C31H28N2/c1-20-17-29-25(23-13-7-9-15-27(23)33(29)22-11-5-4-6-12-22)18-24(20)30-21(2)32-19-31(30,3)26-14-8-10-16-28(26)32/h4-18,21,30H,19H2,1-3H3. The van der Waals surface area contributed by atoms with Crippen LogP contribution in [0.15, 0.2) is 91.0 Å². The molecule has 0 radical (unpaired) electrons. The number of fused-ring (bicyclic) bond motifs is 8. The first-order valence-electron chi connectivity index (χ1n) is 12.0. The molecule has 0 aliphatic carbocycles. The molecule has 1 aromatic heterocycles. The number of aromatic nitrogens is 1. The Bertz CT molecular complexity index is 1540. The minimum absolute atomic E-state index is 0.145. The van der Waals surface area contributed by atoms with Gasteiger partial charge in [-0.15, -0.1) is 0 Å². The van der Waals surface area contributed by atoms with Gasteiger partial charge in [-0.3, -0.25) is 0 Å². The van der Waals surface area contributed by atoms with Gasteiger partial charge in [-0.25, -0.2) is 0 Å². The molecule has 7 rings (SSSR count). The molecule has 4 aromatic carbocycles. The molecule has 5 aromatic rings. The highest BCUT2D eigenvalue weighted by Gasteiger charge is 2.55. The fraction of sp³-hybridized carbons (Fsp3) is 0.226. The predicted molar refractivity (Wildman–Crippen MR) is 139 cm³/mol. The molecule has 0 spiro atoms. The number of benzene rings is 4. The number of hydrogen-bond acceptors (Lipinski definition) is 1. The number of aryl methyl sites for hydroxylation is 1. The van der Waals surface area contributed by atoms with Crippen molar-refractivity contribution in [2.75, 3.05) is 11.4 Å². The molecule has 2 bridgehead atoms. The van der Waals surface area contributed by atoms with E-state index in [4.69, 9.17) is 0 Å². The summed E-state index contributed by atoms with van der Waals surface area (Å²) in [6.07, 6.45) is 0. The van der Waals surface area contributed by atoms with Crippen LogP contribution in [0.5, 0.6) is 0 Å². The SMILES string of the molecule is Cc1cc2c(cc1C1C(C)N3CC1(C)c1ccccc13)c1ccccc1n2-c1ccccc1. The summed E-state index contributed by atoms with van der Waals surface area (Å²) in [6.45, 7) is 8.33. The van der Waals surface area contributed by atoms with Crippen LogP contribution >= 0.6 is 0 Å². The second-order valence-corrected chi connectivity index (χ2v) is 10.2. The zero-order chi connectivity index (χ0) is 22.3. The van der Waals surface area contributed by atoms with Gasteiger partial charge in [0.25, 0.3) is 0 Å². The molecule has 1 fully saturated rings. The fourth-order valence-electron chi connectivity index (χ4n) is 7.00. The van der Waals surface area contributed by atoms with Gasteiger partial charge in [0.05, 0.1) is 11.0 Å². The topological polar surface area (TPSA) is 8.17 Å². The lowest BCUT2D eigenvalue weighted by molar-refractivity contribution is 0.435. The first kappa shape index (κ1) is 19.0. The van der Waals surface area contributed by atoms with Crippen molar-refractivity contribution in [1.29, 1.82) is 0 Å². The molecule has 3 atom stereocenters. The van der Waals surface area contributed by atoms with Crippen LogP contribution in [0, 0.1) is 6.92 Å². The molecule has 2 aliphatic rings. The summed E-state index contributed by atoms with van der Waals surface area (Å²) in [5, 5.41) is 2.69. The van der Waals surface area contributed by atoms with Gasteiger partial charge in [-0.1, -0.05) is 61.5 Å². The predicted octanol–water partition coefficient (Wildman–Crippen LogP) is 7.36. The van der Waals surface area contributed by atoms with Crippen molar-refractivity contribution in [3.05, 3.63) is 108 Å². The van der Waals surface area contributed by atoms with Crippen LogP contribution in [-0.2, 0) is 5.41 Å². The monoisotopic (exact) mass is 428 g/mol. The fourth-order valence-corrected chi connectivity index (χ4v) is 7.00. The zero-order valence-electron chi connectivity index (χ0n) is 19.4. The van der Waals surface area contributed by atoms with Crippen LogP contribution in [0.25, 0.3) is 27.5 Å². The van der Waals surface area contributed by atoms with Gasteiger partial charge >= 0.3 is 0 Å². The third kappa shape index (κ3) is 2.39. The highest BCUT2D eigenvalue weighted by Crippen LogP contribution is 2.58. The minimum Gasteiger partial charge on any atom is -0.367 e. The largest absolute Gasteiger partial charge is 0.367 e. The van der Waals surface area contributed by atoms with E-state index in [0.29, 0.717) is 12.0 Å². The van der Waals surface area contributed by atoms with E-state index in [0.717, 1.165) is 6.54 Å². The lowest BCUT2D eigenvalue weighted by Crippen LogP contribution is -2.35. The summed E-state index contributed by atoms with van der Waals surface area (Å²) in [6, 6.07) is 34.1. The van der Waals surface area contributed by atoms with E-state index >= 15 is 0 Å². The van der Waals surface area contributed by atoms with Crippen LogP contribution in [0.4, 0.5) is 5.69 Å². The third-order valence-electron chi connectivity index (χ3n) is 8.40. The Morgan fingerprint density at radius 3 is 2.36 bits per heavy atom. The van der Waals surface area contributed by atoms with E-state index in [-0.39, 0.29) is 5.41 Å². The van der Waals surface area contributed by atoms with Gasteiger partial charge in [0.2, 0.25) is 0 Å². The number of nitrogens with zero attached hydrogens (tertiary/aromatic N) is 2. The summed E-state index contributed by atoms with van der Waals surface area (Å²) >= 11 is 0. The molecule has 1 saturated heterocycles. The van der Waals surface area contributed by atoms with Crippen LogP contribution in [0.3, 0.4) is 0 Å². The van der Waals surface area contributed by atoms with Gasteiger partial charge in [0, 0.05) is 46.1 Å². The maximum atomic E-state index is 2.64. The van der Waals surface area contributed by atoms with Gasteiger partial charge in [-0.05, 0) is 66.9 Å². The molecule has 0 N–H and O–H groups in total. The van der Waals surface area contributed by atoms with Gasteiger partial charge in [-0.2, -0.15) is 0 Å². The Kier molecular flexibility index (Phi) is 3.75. The first-order chi connectivity index (χ1) is 16.1. The van der Waals surface area contributed by atoms with E-state index in [1.54, 1.807) is 0 Å². The maximum absolute atomic E-state index is 2.64. The number of rotatable bonds is 2. The molecule has 2 nitrogen and oxygen atoms in total. The van der Waals surface area contributed by atoms with Crippen molar-refractivity contribution < 1.29 is 0 Å². The summed E-state index contributed by atoms with van der Waals surface area (Å²) in [5.74, 6) is 0.482. The molecule has 162 valence electrons. The van der Waals surface area contributed by atoms with E-state index in [1.165, 1.54) is 49.9 Å². The van der Waals surface area contributed by atoms with E-state index < -0.39 is 0 Å². The van der Waals surface area contributed by atoms with Crippen molar-refractivity contribution in [2.45, 2.75) is 38.1 Å². The molecule has 0 amide bonds. The Balaban J connectivity index is 1.49. The Hall–Kier alpha value is -3.52. The number of hydrogen-bond donors (Lipinski definition) is 0. The summed E-state index contributed by atoms with van der Waals surface area (Å²) < 4.78 is 2.42. The lowest BCUT2D eigenvalue weighted by Gasteiger charge is -2.38. The van der Waals surface area contributed by atoms with Crippen LogP contribution < -0.4 is 4.90 Å². The molecule has 2 aliphatic heterocycles. The van der Waals surface area contributed by atoms with Gasteiger partial charge in [0.1, 0.15) is 0 Å². The van der Waals surface area contributed by atoms with E-state index in [9.17, 15) is 0 Å². The molecular formula is C31H28N2. The van der Waals surface area contributed by atoms with E-state index in [2.05, 4.69) is 121 Å². The van der Waals surface area contributed by atoms with Crippen molar-refractivity contribution >= 4 is 27.5 Å².